The van der Waals surface area contributed by atoms with Crippen LogP contribution >= 0.6 is 15.9 Å². The summed E-state index contributed by atoms with van der Waals surface area (Å²) in [6, 6.07) is 4.63. The predicted octanol–water partition coefficient (Wildman–Crippen LogP) is 1.30. The van der Waals surface area contributed by atoms with Gasteiger partial charge >= 0.3 is 5.97 Å². The van der Waals surface area contributed by atoms with Gasteiger partial charge in [0.1, 0.15) is 10.6 Å². The topological polar surface area (TPSA) is 104 Å². The normalized spacial score (nSPS) is 20.9. The zero-order valence-corrected chi connectivity index (χ0v) is 14.9. The van der Waals surface area contributed by atoms with Crippen molar-refractivity contribution < 1.29 is 28.2 Å². The van der Waals surface area contributed by atoms with Crippen molar-refractivity contribution in [2.75, 3.05) is 20.2 Å². The lowest BCUT2D eigenvalue weighted by atomic mass is 9.94. The summed E-state index contributed by atoms with van der Waals surface area (Å²) in [6.07, 6.45) is -0.601. The number of sulfonamides is 1. The minimum absolute atomic E-state index is 0.0283. The average molecular weight is 408 g/mol. The zero-order chi connectivity index (χ0) is 17.2. The third-order valence-electron chi connectivity index (χ3n) is 3.88. The maximum atomic E-state index is 12.8. The molecule has 2 atom stereocenters. The monoisotopic (exact) mass is 407 g/mol. The molecule has 0 unspecified atom stereocenters. The number of carboxylic acid groups (broad SMARTS) is 1. The van der Waals surface area contributed by atoms with E-state index in [4.69, 9.17) is 9.84 Å². The number of nitrogens with zero attached hydrogens (tertiary/aromatic N) is 1. The Labute approximate surface area is 143 Å². The van der Waals surface area contributed by atoms with E-state index in [1.807, 2.05) is 0 Å². The molecule has 0 bridgehead atoms. The van der Waals surface area contributed by atoms with Crippen molar-refractivity contribution in [3.63, 3.8) is 0 Å². The molecule has 1 aromatic carbocycles. The molecule has 128 valence electrons. The lowest BCUT2D eigenvalue weighted by Gasteiger charge is -2.33. The number of piperidine rings is 1. The standard InChI is InChI=1S/C14H18BrNO6S/c1-22-10-4-5-11(15)12(7-10)23(20,21)16-6-2-3-9(8-16)13(17)14(18)19/h4-5,7,9,13,17H,2-3,6,8H2,1H3,(H,18,19)/t9-,13+/m1/s1. The number of aliphatic carboxylic acids is 1. The van der Waals surface area contributed by atoms with Gasteiger partial charge in [0.25, 0.3) is 0 Å². The van der Waals surface area contributed by atoms with E-state index in [1.165, 1.54) is 17.5 Å². The van der Waals surface area contributed by atoms with Gasteiger partial charge in [-0.3, -0.25) is 0 Å². The molecular formula is C14H18BrNO6S. The molecule has 2 N–H and O–H groups in total. The number of methoxy groups -OCH3 is 1. The molecule has 0 aliphatic carbocycles. The number of benzene rings is 1. The number of halogens is 1. The molecule has 0 amide bonds. The van der Waals surface area contributed by atoms with Crippen LogP contribution in [0.15, 0.2) is 27.6 Å². The fourth-order valence-corrected chi connectivity index (χ4v) is 5.07. The quantitative estimate of drug-likeness (QED) is 0.762. The van der Waals surface area contributed by atoms with E-state index in [1.54, 1.807) is 12.1 Å². The first-order valence-corrected chi connectivity index (χ1v) is 9.25. The van der Waals surface area contributed by atoms with Gasteiger partial charge in [-0.1, -0.05) is 0 Å². The Hall–Kier alpha value is -1.16. The Kier molecular flexibility index (Phi) is 5.66. The van der Waals surface area contributed by atoms with Crippen molar-refractivity contribution in [1.29, 1.82) is 0 Å². The van der Waals surface area contributed by atoms with E-state index in [-0.39, 0.29) is 18.0 Å². The van der Waals surface area contributed by atoms with Crippen molar-refractivity contribution in [2.24, 2.45) is 5.92 Å². The van der Waals surface area contributed by atoms with Crippen molar-refractivity contribution >= 4 is 31.9 Å². The fraction of sp³-hybridized carbons (Fsp3) is 0.500. The molecule has 2 rings (SSSR count). The van der Waals surface area contributed by atoms with Gasteiger partial charge in [0.05, 0.1) is 7.11 Å². The smallest absolute Gasteiger partial charge is 0.332 e. The third-order valence-corrected chi connectivity index (χ3v) is 6.74. The van der Waals surface area contributed by atoms with Gasteiger partial charge in [0.2, 0.25) is 10.0 Å². The molecule has 9 heteroatoms. The SMILES string of the molecule is COc1ccc(Br)c(S(=O)(=O)N2CCC[C@@H]([C@H](O)C(=O)O)C2)c1. The van der Waals surface area contributed by atoms with E-state index in [2.05, 4.69) is 15.9 Å². The average Bonchev–Trinajstić information content (AvgIpc) is 2.54. The maximum Gasteiger partial charge on any atom is 0.332 e. The first kappa shape index (κ1) is 18.2. The second-order valence-corrected chi connectivity index (χ2v) is 8.11. The summed E-state index contributed by atoms with van der Waals surface area (Å²) < 4.78 is 32.3. The highest BCUT2D eigenvalue weighted by molar-refractivity contribution is 9.10. The lowest BCUT2D eigenvalue weighted by molar-refractivity contribution is -0.150. The fourth-order valence-electron chi connectivity index (χ4n) is 2.60. The number of ether oxygens (including phenoxy) is 1. The predicted molar refractivity (Wildman–Crippen MR) is 85.8 cm³/mol. The van der Waals surface area contributed by atoms with Gasteiger partial charge in [0.15, 0.2) is 6.10 Å². The van der Waals surface area contributed by atoms with E-state index >= 15 is 0 Å². The molecule has 1 saturated heterocycles. The summed E-state index contributed by atoms with van der Waals surface area (Å²) in [6.45, 7) is 0.258. The first-order valence-electron chi connectivity index (χ1n) is 7.02. The van der Waals surface area contributed by atoms with Crippen molar-refractivity contribution in [2.45, 2.75) is 23.8 Å². The number of rotatable bonds is 5. The van der Waals surface area contributed by atoms with Crippen LogP contribution in [-0.4, -0.2) is 55.2 Å². The summed E-state index contributed by atoms with van der Waals surface area (Å²) in [4.78, 5) is 11.0. The van der Waals surface area contributed by atoms with Crippen LogP contribution in [0, 0.1) is 5.92 Å². The van der Waals surface area contributed by atoms with Crippen LogP contribution in [-0.2, 0) is 14.8 Å². The van der Waals surface area contributed by atoms with Gasteiger partial charge in [-0.2, -0.15) is 4.31 Å². The number of hydrogen-bond donors (Lipinski definition) is 2. The van der Waals surface area contributed by atoms with E-state index in [0.717, 1.165) is 0 Å². The number of aliphatic hydroxyl groups is 1. The molecule has 1 fully saturated rings. The molecule has 0 radical (unpaired) electrons. The van der Waals surface area contributed by atoms with Crippen molar-refractivity contribution in [3.8, 4) is 5.75 Å². The Morgan fingerprint density at radius 3 is 2.78 bits per heavy atom. The number of hydrogen-bond acceptors (Lipinski definition) is 5. The van der Waals surface area contributed by atoms with Gasteiger partial charge in [-0.05, 0) is 40.9 Å². The molecule has 0 spiro atoms. The summed E-state index contributed by atoms with van der Waals surface area (Å²) >= 11 is 3.22. The van der Waals surface area contributed by atoms with Gasteiger partial charge in [0, 0.05) is 29.5 Å². The molecule has 1 aromatic rings. The molecule has 7 nitrogen and oxygen atoms in total. The maximum absolute atomic E-state index is 12.8. The van der Waals surface area contributed by atoms with Crippen LogP contribution < -0.4 is 4.74 Å². The summed E-state index contributed by atoms with van der Waals surface area (Å²) in [5, 5.41) is 18.6. The molecule has 0 saturated carbocycles. The second-order valence-electron chi connectivity index (χ2n) is 5.34. The molecule has 23 heavy (non-hydrogen) atoms. The van der Waals surface area contributed by atoms with E-state index in [9.17, 15) is 18.3 Å². The molecule has 1 aliphatic rings. The Bertz CT molecular complexity index is 693. The van der Waals surface area contributed by atoms with Gasteiger partial charge in [-0.15, -0.1) is 0 Å². The minimum Gasteiger partial charge on any atom is -0.497 e. The minimum atomic E-state index is -3.82. The first-order chi connectivity index (χ1) is 10.8. The molecule has 0 aromatic heterocycles. The van der Waals surface area contributed by atoms with Crippen LogP contribution in [0.4, 0.5) is 0 Å². The highest BCUT2D eigenvalue weighted by atomic mass is 79.9. The second kappa shape index (κ2) is 7.16. The lowest BCUT2D eigenvalue weighted by Crippen LogP contribution is -2.45. The largest absolute Gasteiger partial charge is 0.497 e. The number of carboxylic acids is 1. The van der Waals surface area contributed by atoms with E-state index < -0.39 is 28.0 Å². The molecule has 1 aliphatic heterocycles. The summed E-state index contributed by atoms with van der Waals surface area (Å²) in [5.41, 5.74) is 0. The Morgan fingerprint density at radius 2 is 2.17 bits per heavy atom. The molecular weight excluding hydrogens is 390 g/mol. The van der Waals surface area contributed by atoms with Crippen LogP contribution in [0.3, 0.4) is 0 Å². The van der Waals surface area contributed by atoms with E-state index in [0.29, 0.717) is 23.1 Å². The zero-order valence-electron chi connectivity index (χ0n) is 12.5. The van der Waals surface area contributed by atoms with Crippen molar-refractivity contribution in [3.05, 3.63) is 22.7 Å². The van der Waals surface area contributed by atoms with Crippen LogP contribution in [0.1, 0.15) is 12.8 Å². The highest BCUT2D eigenvalue weighted by Crippen LogP contribution is 2.32. The highest BCUT2D eigenvalue weighted by Gasteiger charge is 2.36. The Morgan fingerprint density at radius 1 is 1.48 bits per heavy atom. The number of aliphatic hydroxyl groups excluding tert-OH is 1. The number of carbonyl (C=O) groups is 1. The summed E-state index contributed by atoms with van der Waals surface area (Å²) in [7, 11) is -2.37. The Balaban J connectivity index is 2.30. The third kappa shape index (κ3) is 3.85. The molecule has 1 heterocycles. The van der Waals surface area contributed by atoms with Gasteiger partial charge < -0.3 is 14.9 Å². The van der Waals surface area contributed by atoms with Crippen molar-refractivity contribution in [1.82, 2.24) is 4.31 Å². The van der Waals surface area contributed by atoms with Gasteiger partial charge in [-0.25, -0.2) is 13.2 Å². The van der Waals surface area contributed by atoms with Crippen LogP contribution in [0.2, 0.25) is 0 Å². The van der Waals surface area contributed by atoms with Crippen LogP contribution in [0.25, 0.3) is 0 Å². The van der Waals surface area contributed by atoms with Crippen LogP contribution in [0.5, 0.6) is 5.75 Å². The summed E-state index contributed by atoms with van der Waals surface area (Å²) in [5.74, 6) is -1.55.